The van der Waals surface area contributed by atoms with Crippen LogP contribution in [0.25, 0.3) is 0 Å². The maximum absolute atomic E-state index is 2.31. The van der Waals surface area contributed by atoms with E-state index in [1.807, 2.05) is 0 Å². The van der Waals surface area contributed by atoms with Crippen molar-refractivity contribution < 1.29 is 24.4 Å². The fourth-order valence-corrected chi connectivity index (χ4v) is 2.27. The average Bonchev–Trinajstić information content (AvgIpc) is 2.15. The van der Waals surface area contributed by atoms with Gasteiger partial charge in [-0.05, 0) is 0 Å². The SMILES string of the molecule is CC(C)CC1=[C]([Hf])CC=C1.Cl.Cl. The van der Waals surface area contributed by atoms with Crippen molar-refractivity contribution in [2.45, 2.75) is 26.7 Å². The predicted octanol–water partition coefficient (Wildman–Crippen LogP) is 3.64. The van der Waals surface area contributed by atoms with Gasteiger partial charge in [-0.2, -0.15) is 0 Å². The summed E-state index contributed by atoms with van der Waals surface area (Å²) in [6, 6.07) is 0. The minimum absolute atomic E-state index is 0. The molecule has 3 heteroatoms. The first-order valence-corrected chi connectivity index (χ1v) is 5.60. The Bertz CT molecular complexity index is 183. The molecule has 1 aliphatic carbocycles. The predicted molar refractivity (Wildman–Crippen MR) is 54.7 cm³/mol. The van der Waals surface area contributed by atoms with Gasteiger partial charge in [-0.25, -0.2) is 0 Å². The molecule has 1 aliphatic rings. The molecule has 0 aromatic heterocycles. The summed E-state index contributed by atoms with van der Waals surface area (Å²) in [5.41, 5.74) is 1.63. The molecule has 0 aromatic rings. The third-order valence-corrected chi connectivity index (χ3v) is 3.54. The van der Waals surface area contributed by atoms with Gasteiger partial charge in [-0.3, -0.25) is 0 Å². The first-order valence-electron chi connectivity index (χ1n) is 3.80. The molecule has 0 unspecified atom stereocenters. The molecule has 0 radical (unpaired) electrons. The van der Waals surface area contributed by atoms with Gasteiger partial charge in [-0.15, -0.1) is 24.8 Å². The molecule has 0 amide bonds. The van der Waals surface area contributed by atoms with E-state index in [2.05, 4.69) is 26.0 Å². The number of hydrogen-bond acceptors (Lipinski definition) is 0. The van der Waals surface area contributed by atoms with Crippen LogP contribution >= 0.6 is 24.8 Å². The zero-order chi connectivity index (χ0) is 7.56. The van der Waals surface area contributed by atoms with Crippen molar-refractivity contribution in [3.8, 4) is 0 Å². The summed E-state index contributed by atoms with van der Waals surface area (Å²) in [5, 5.41) is 0. The molecule has 0 aliphatic heterocycles. The molecule has 0 saturated carbocycles. The van der Waals surface area contributed by atoms with Crippen molar-refractivity contribution in [1.29, 1.82) is 0 Å². The van der Waals surface area contributed by atoms with Crippen LogP contribution in [0.4, 0.5) is 0 Å². The number of hydrogen-bond donors (Lipinski definition) is 0. The second-order valence-electron chi connectivity index (χ2n) is 3.21. The Balaban J connectivity index is 0. The maximum atomic E-state index is 2.31. The van der Waals surface area contributed by atoms with Crippen molar-refractivity contribution in [3.05, 3.63) is 21.1 Å². The molecule has 0 nitrogen and oxygen atoms in total. The van der Waals surface area contributed by atoms with E-state index in [1.165, 1.54) is 37.2 Å². The molecule has 1 rings (SSSR count). The van der Waals surface area contributed by atoms with Crippen LogP contribution in [0.1, 0.15) is 26.7 Å². The fraction of sp³-hybridized carbons (Fsp3) is 0.556. The Labute approximate surface area is 102 Å². The summed E-state index contributed by atoms with van der Waals surface area (Å²) in [6.07, 6.45) is 7.13. The third kappa shape index (κ3) is 4.84. The van der Waals surface area contributed by atoms with E-state index in [0.717, 1.165) is 5.92 Å². The standard InChI is InChI=1S/C9H13.2ClH.Hf/c1-8(2)7-9-5-3-4-6-9;;;/h3,5,8H,4,7H2,1-2H3;2*1H;. The van der Waals surface area contributed by atoms with E-state index in [1.54, 1.807) is 8.90 Å². The summed E-state index contributed by atoms with van der Waals surface area (Å²) >= 11 is 1.26. The first kappa shape index (κ1) is 15.4. The van der Waals surface area contributed by atoms with Crippen LogP contribution in [-0.4, -0.2) is 0 Å². The van der Waals surface area contributed by atoms with Gasteiger partial charge in [0.25, 0.3) is 0 Å². The Hall–Kier alpha value is 0.930. The van der Waals surface area contributed by atoms with E-state index in [-0.39, 0.29) is 24.8 Å². The van der Waals surface area contributed by atoms with Crippen molar-refractivity contribution in [3.63, 3.8) is 0 Å². The largest absolute Gasteiger partial charge is 0.147 e. The molecule has 0 atom stereocenters. The van der Waals surface area contributed by atoms with Crippen molar-refractivity contribution in [2.24, 2.45) is 5.92 Å². The summed E-state index contributed by atoms with van der Waals surface area (Å²) in [6.45, 7) is 4.57. The van der Waals surface area contributed by atoms with Gasteiger partial charge < -0.3 is 0 Å². The van der Waals surface area contributed by atoms with Crippen LogP contribution in [0.15, 0.2) is 21.1 Å². The Morgan fingerprint density at radius 1 is 1.42 bits per heavy atom. The van der Waals surface area contributed by atoms with Crippen LogP contribution in [-0.2, 0) is 24.4 Å². The van der Waals surface area contributed by atoms with Gasteiger partial charge in [0.2, 0.25) is 0 Å². The summed E-state index contributed by atoms with van der Waals surface area (Å²) in [7, 11) is 0. The van der Waals surface area contributed by atoms with Gasteiger partial charge in [-0.1, -0.05) is 0 Å². The normalized spacial score (nSPS) is 14.5. The van der Waals surface area contributed by atoms with Gasteiger partial charge in [0, 0.05) is 0 Å². The molecule has 0 saturated heterocycles. The number of halogens is 2. The van der Waals surface area contributed by atoms with Gasteiger partial charge in [0.05, 0.1) is 0 Å². The van der Waals surface area contributed by atoms with Crippen LogP contribution in [0.5, 0.6) is 0 Å². The molecular weight excluding hydrogens is 357 g/mol. The fourth-order valence-electron chi connectivity index (χ4n) is 1.18. The van der Waals surface area contributed by atoms with Crippen molar-refractivity contribution >= 4 is 24.8 Å². The molecule has 0 spiro atoms. The minimum Gasteiger partial charge on any atom is -0.147 e. The molecule has 0 heterocycles. The summed E-state index contributed by atoms with van der Waals surface area (Å²) in [5.74, 6) is 0.821. The van der Waals surface area contributed by atoms with E-state index >= 15 is 0 Å². The van der Waals surface area contributed by atoms with Crippen molar-refractivity contribution in [2.75, 3.05) is 0 Å². The maximum Gasteiger partial charge on any atom is -0.147 e. The van der Waals surface area contributed by atoms with Gasteiger partial charge in [0.1, 0.15) is 0 Å². The van der Waals surface area contributed by atoms with Crippen LogP contribution < -0.4 is 0 Å². The smallest absolute Gasteiger partial charge is 0.147 e. The molecule has 0 bridgehead atoms. The van der Waals surface area contributed by atoms with E-state index in [4.69, 9.17) is 0 Å². The molecule has 69 valence electrons. The Kier molecular flexibility index (Phi) is 9.43. The number of rotatable bonds is 2. The molecule has 12 heavy (non-hydrogen) atoms. The quantitative estimate of drug-likeness (QED) is 0.649. The second-order valence-corrected chi connectivity index (χ2v) is 5.38. The monoisotopic (exact) mass is 373 g/mol. The molecule has 0 aromatic carbocycles. The van der Waals surface area contributed by atoms with Crippen molar-refractivity contribution in [1.82, 2.24) is 0 Å². The topological polar surface area (TPSA) is 0 Å². The molecule has 0 N–H and O–H groups in total. The Morgan fingerprint density at radius 3 is 2.33 bits per heavy atom. The van der Waals surface area contributed by atoms with E-state index in [9.17, 15) is 0 Å². The van der Waals surface area contributed by atoms with Gasteiger partial charge in [0.15, 0.2) is 0 Å². The van der Waals surface area contributed by atoms with Crippen LogP contribution in [0.2, 0.25) is 0 Å². The summed E-state index contributed by atoms with van der Waals surface area (Å²) in [4.78, 5) is 0. The second kappa shape index (κ2) is 7.34. The van der Waals surface area contributed by atoms with E-state index < -0.39 is 0 Å². The minimum atomic E-state index is 0. The van der Waals surface area contributed by atoms with Gasteiger partial charge >= 0.3 is 78.0 Å². The molecule has 0 fully saturated rings. The summed E-state index contributed by atoms with van der Waals surface area (Å²) < 4.78 is 1.70. The zero-order valence-electron chi connectivity index (χ0n) is 7.46. The van der Waals surface area contributed by atoms with Crippen LogP contribution in [0, 0.1) is 5.92 Å². The average molecular weight is 373 g/mol. The Morgan fingerprint density at radius 2 is 2.00 bits per heavy atom. The molecular formula is C9H15Cl2Hf. The first-order chi connectivity index (χ1) is 4.70. The number of allylic oxidation sites excluding steroid dienone is 4. The van der Waals surface area contributed by atoms with Crippen LogP contribution in [0.3, 0.4) is 0 Å². The zero-order valence-corrected chi connectivity index (χ0v) is 12.7. The van der Waals surface area contributed by atoms with E-state index in [0.29, 0.717) is 0 Å². The third-order valence-electron chi connectivity index (χ3n) is 1.66.